The van der Waals surface area contributed by atoms with Crippen LogP contribution in [0, 0.1) is 17.3 Å². The summed E-state index contributed by atoms with van der Waals surface area (Å²) >= 11 is 0. The molecule has 1 amide bonds. The first kappa shape index (κ1) is 23.6. The van der Waals surface area contributed by atoms with Crippen LogP contribution in [0.2, 0.25) is 0 Å². The van der Waals surface area contributed by atoms with Gasteiger partial charge in [0.2, 0.25) is 5.91 Å². The molecule has 2 unspecified atom stereocenters. The molecule has 2 atom stereocenters. The van der Waals surface area contributed by atoms with Crippen LogP contribution in [-0.2, 0) is 9.59 Å². The Morgan fingerprint density at radius 2 is 1.68 bits per heavy atom. The summed E-state index contributed by atoms with van der Waals surface area (Å²) in [4.78, 5) is 31.1. The molecule has 1 aromatic carbocycles. The normalized spacial score (nSPS) is 23.1. The van der Waals surface area contributed by atoms with Crippen molar-refractivity contribution in [3.63, 3.8) is 0 Å². The van der Waals surface area contributed by atoms with E-state index >= 15 is 0 Å². The summed E-state index contributed by atoms with van der Waals surface area (Å²) in [7, 11) is 0. The SMILES string of the molecule is CC(C)(C)CC(=O)N1CCC(CC(=O)O)C(CCN2CCN(c3ccccc3)CC2)C1. The van der Waals surface area contributed by atoms with Crippen LogP contribution in [0.5, 0.6) is 0 Å². The number of carboxylic acid groups (broad SMARTS) is 1. The van der Waals surface area contributed by atoms with Crippen LogP contribution < -0.4 is 4.90 Å². The molecule has 2 aliphatic heterocycles. The van der Waals surface area contributed by atoms with Gasteiger partial charge in [-0.15, -0.1) is 0 Å². The number of carboxylic acids is 1. The number of nitrogens with zero attached hydrogens (tertiary/aromatic N) is 3. The van der Waals surface area contributed by atoms with Crippen LogP contribution >= 0.6 is 0 Å². The number of carbonyl (C=O) groups is 2. The number of hydrogen-bond donors (Lipinski definition) is 1. The third-order valence-electron chi connectivity index (χ3n) is 6.67. The van der Waals surface area contributed by atoms with Crippen molar-refractivity contribution >= 4 is 17.6 Å². The van der Waals surface area contributed by atoms with E-state index in [2.05, 4.69) is 54.8 Å². The minimum absolute atomic E-state index is 0.0249. The Morgan fingerprint density at radius 1 is 1.00 bits per heavy atom. The smallest absolute Gasteiger partial charge is 0.303 e. The van der Waals surface area contributed by atoms with Crippen LogP contribution in [0.1, 0.15) is 46.5 Å². The predicted octanol–water partition coefficient (Wildman–Crippen LogP) is 3.57. The first-order chi connectivity index (χ1) is 14.7. The molecule has 1 N–H and O–H groups in total. The van der Waals surface area contributed by atoms with Gasteiger partial charge in [0.1, 0.15) is 0 Å². The Bertz CT molecular complexity index is 723. The van der Waals surface area contributed by atoms with E-state index in [1.165, 1.54) is 5.69 Å². The molecule has 0 aliphatic carbocycles. The minimum atomic E-state index is -0.721. The third kappa shape index (κ3) is 7.23. The maximum Gasteiger partial charge on any atom is 0.303 e. The lowest BCUT2D eigenvalue weighted by molar-refractivity contribution is -0.140. The molecule has 6 nitrogen and oxygen atoms in total. The Labute approximate surface area is 187 Å². The molecular weight excluding hydrogens is 390 g/mol. The van der Waals surface area contributed by atoms with E-state index in [9.17, 15) is 14.7 Å². The molecule has 2 heterocycles. The summed E-state index contributed by atoms with van der Waals surface area (Å²) in [6.45, 7) is 12.7. The minimum Gasteiger partial charge on any atom is -0.481 e. The highest BCUT2D eigenvalue weighted by Crippen LogP contribution is 2.31. The molecule has 6 heteroatoms. The zero-order chi connectivity index (χ0) is 22.4. The van der Waals surface area contributed by atoms with Crippen molar-refractivity contribution in [2.24, 2.45) is 17.3 Å². The molecule has 0 bridgehead atoms. The van der Waals surface area contributed by atoms with Crippen molar-refractivity contribution in [1.82, 2.24) is 9.80 Å². The van der Waals surface area contributed by atoms with Crippen LogP contribution in [-0.4, -0.2) is 72.6 Å². The van der Waals surface area contributed by atoms with Gasteiger partial charge >= 0.3 is 5.97 Å². The largest absolute Gasteiger partial charge is 0.481 e. The molecular formula is C25H39N3O3. The molecule has 2 aliphatic rings. The summed E-state index contributed by atoms with van der Waals surface area (Å²) in [5.41, 5.74) is 1.26. The highest BCUT2D eigenvalue weighted by atomic mass is 16.4. The van der Waals surface area contributed by atoms with Gasteiger partial charge in [0.25, 0.3) is 0 Å². The van der Waals surface area contributed by atoms with Crippen molar-refractivity contribution < 1.29 is 14.7 Å². The van der Waals surface area contributed by atoms with Crippen molar-refractivity contribution in [3.05, 3.63) is 30.3 Å². The Balaban J connectivity index is 1.52. The van der Waals surface area contributed by atoms with Gasteiger partial charge in [0.15, 0.2) is 0 Å². The third-order valence-corrected chi connectivity index (χ3v) is 6.67. The first-order valence-corrected chi connectivity index (χ1v) is 11.7. The molecule has 3 rings (SSSR count). The highest BCUT2D eigenvalue weighted by Gasteiger charge is 2.34. The average Bonchev–Trinajstić information content (AvgIpc) is 2.72. The van der Waals surface area contributed by atoms with E-state index in [1.54, 1.807) is 0 Å². The maximum absolute atomic E-state index is 12.8. The van der Waals surface area contributed by atoms with E-state index < -0.39 is 5.97 Å². The van der Waals surface area contributed by atoms with Gasteiger partial charge in [-0.1, -0.05) is 39.0 Å². The van der Waals surface area contributed by atoms with Gasteiger partial charge in [0.05, 0.1) is 0 Å². The summed E-state index contributed by atoms with van der Waals surface area (Å²) in [5.74, 6) is -0.0774. The highest BCUT2D eigenvalue weighted by molar-refractivity contribution is 5.77. The predicted molar refractivity (Wildman–Crippen MR) is 124 cm³/mol. The fraction of sp³-hybridized carbons (Fsp3) is 0.680. The van der Waals surface area contributed by atoms with E-state index in [4.69, 9.17) is 0 Å². The van der Waals surface area contributed by atoms with Crippen molar-refractivity contribution in [2.75, 3.05) is 50.7 Å². The number of rotatable bonds is 7. The number of hydrogen-bond acceptors (Lipinski definition) is 4. The van der Waals surface area contributed by atoms with E-state index in [1.807, 2.05) is 11.0 Å². The molecule has 0 spiro atoms. The standard InChI is InChI=1S/C25H39N3O3/c1-25(2,3)18-23(29)28-12-10-20(17-24(30)31)21(19-28)9-11-26-13-15-27(16-14-26)22-7-5-4-6-8-22/h4-8,20-21H,9-19H2,1-3H3,(H,30,31). The van der Waals surface area contributed by atoms with Crippen molar-refractivity contribution in [1.29, 1.82) is 0 Å². The summed E-state index contributed by atoms with van der Waals surface area (Å²) in [6.07, 6.45) is 2.52. The van der Waals surface area contributed by atoms with Crippen molar-refractivity contribution in [3.8, 4) is 0 Å². The van der Waals surface area contributed by atoms with Gasteiger partial charge in [-0.25, -0.2) is 0 Å². The number of amides is 1. The lowest BCUT2D eigenvalue weighted by Crippen LogP contribution is -2.49. The molecule has 0 saturated carbocycles. The number of anilines is 1. The number of carbonyl (C=O) groups excluding carboxylic acids is 1. The summed E-state index contributed by atoms with van der Waals surface area (Å²) in [6, 6.07) is 10.5. The zero-order valence-corrected chi connectivity index (χ0v) is 19.4. The molecule has 1 aromatic rings. The quantitative estimate of drug-likeness (QED) is 0.718. The van der Waals surface area contributed by atoms with E-state index in [-0.39, 0.29) is 29.6 Å². The number of aliphatic carboxylic acids is 1. The fourth-order valence-electron chi connectivity index (χ4n) is 4.91. The molecule has 2 fully saturated rings. The second-order valence-corrected chi connectivity index (χ2v) is 10.4. The van der Waals surface area contributed by atoms with Crippen LogP contribution in [0.15, 0.2) is 30.3 Å². The van der Waals surface area contributed by atoms with Gasteiger partial charge in [-0.2, -0.15) is 0 Å². The first-order valence-electron chi connectivity index (χ1n) is 11.7. The van der Waals surface area contributed by atoms with E-state index in [0.717, 1.165) is 45.6 Å². The molecule has 172 valence electrons. The van der Waals surface area contributed by atoms with Gasteiger partial charge in [0, 0.05) is 57.8 Å². The topological polar surface area (TPSA) is 64.1 Å². The summed E-state index contributed by atoms with van der Waals surface area (Å²) < 4.78 is 0. The zero-order valence-electron chi connectivity index (χ0n) is 19.4. The Morgan fingerprint density at radius 3 is 2.29 bits per heavy atom. The molecule has 0 aromatic heterocycles. The van der Waals surface area contributed by atoms with Gasteiger partial charge < -0.3 is 14.9 Å². The van der Waals surface area contributed by atoms with Crippen LogP contribution in [0.3, 0.4) is 0 Å². The maximum atomic E-state index is 12.8. The molecule has 0 radical (unpaired) electrons. The number of benzene rings is 1. The monoisotopic (exact) mass is 429 g/mol. The molecule has 31 heavy (non-hydrogen) atoms. The van der Waals surface area contributed by atoms with Gasteiger partial charge in [-0.05, 0) is 48.8 Å². The van der Waals surface area contributed by atoms with Gasteiger partial charge in [-0.3, -0.25) is 14.5 Å². The Kier molecular flexibility index (Phi) is 7.98. The average molecular weight is 430 g/mol. The lowest BCUT2D eigenvalue weighted by atomic mass is 9.80. The Hall–Kier alpha value is -2.08. The number of piperidine rings is 1. The second kappa shape index (κ2) is 10.5. The number of para-hydroxylation sites is 1. The van der Waals surface area contributed by atoms with Crippen molar-refractivity contribution in [2.45, 2.75) is 46.5 Å². The van der Waals surface area contributed by atoms with Crippen LogP contribution in [0.4, 0.5) is 5.69 Å². The summed E-state index contributed by atoms with van der Waals surface area (Å²) in [5, 5.41) is 9.37. The molecule has 2 saturated heterocycles. The van der Waals surface area contributed by atoms with E-state index in [0.29, 0.717) is 19.5 Å². The number of likely N-dealkylation sites (tertiary alicyclic amines) is 1. The number of piperazine rings is 1. The lowest BCUT2D eigenvalue weighted by Gasteiger charge is -2.41. The fourth-order valence-corrected chi connectivity index (χ4v) is 4.91. The second-order valence-electron chi connectivity index (χ2n) is 10.4. The van der Waals surface area contributed by atoms with Crippen LogP contribution in [0.25, 0.3) is 0 Å².